The van der Waals surface area contributed by atoms with E-state index in [-0.39, 0.29) is 17.1 Å². The predicted octanol–water partition coefficient (Wildman–Crippen LogP) is 2.20. The van der Waals surface area contributed by atoms with Crippen molar-refractivity contribution in [3.05, 3.63) is 64.4 Å². The van der Waals surface area contributed by atoms with Gasteiger partial charge in [0.2, 0.25) is 0 Å². The van der Waals surface area contributed by atoms with Gasteiger partial charge >= 0.3 is 0 Å². The van der Waals surface area contributed by atoms with Gasteiger partial charge in [0.05, 0.1) is 5.52 Å². The number of nitrogens with one attached hydrogen (secondary N) is 1. The van der Waals surface area contributed by atoms with Crippen molar-refractivity contribution in [3.63, 3.8) is 0 Å². The maximum atomic E-state index is 12.4. The Kier molecular flexibility index (Phi) is 3.50. The number of benzene rings is 2. The zero-order valence-electron chi connectivity index (χ0n) is 12.3. The summed E-state index contributed by atoms with van der Waals surface area (Å²) in [5.74, 6) is -0.994. The summed E-state index contributed by atoms with van der Waals surface area (Å²) < 4.78 is 1.32. The Balaban J connectivity index is 2.10. The maximum Gasteiger partial charge on any atom is 0.267 e. The Bertz CT molecular complexity index is 959. The fourth-order valence-electron chi connectivity index (χ4n) is 2.42. The molecule has 0 bridgehead atoms. The van der Waals surface area contributed by atoms with Gasteiger partial charge < -0.3 is 20.1 Å². The van der Waals surface area contributed by atoms with E-state index >= 15 is 0 Å². The molecular formula is C17H14N2O4. The average molecular weight is 310 g/mol. The molecule has 0 spiro atoms. The Hall–Kier alpha value is -3.28. The molecule has 3 aromatic rings. The largest absolute Gasteiger partial charge is 0.508 e. The fraction of sp³-hybridized carbons (Fsp3) is 0.0588. The summed E-state index contributed by atoms with van der Waals surface area (Å²) in [5.41, 5.74) is 0.0374. The van der Waals surface area contributed by atoms with Crippen LogP contribution in [0.2, 0.25) is 0 Å². The van der Waals surface area contributed by atoms with Crippen LogP contribution in [-0.2, 0) is 7.05 Å². The Morgan fingerprint density at radius 1 is 1.04 bits per heavy atom. The third-order valence-corrected chi connectivity index (χ3v) is 3.63. The van der Waals surface area contributed by atoms with Crippen molar-refractivity contribution < 1.29 is 15.0 Å². The summed E-state index contributed by atoms with van der Waals surface area (Å²) in [4.78, 5) is 24.8. The van der Waals surface area contributed by atoms with E-state index in [0.717, 1.165) is 0 Å². The molecule has 116 valence electrons. The zero-order chi connectivity index (χ0) is 16.6. The number of aromatic hydroxyl groups is 2. The second kappa shape index (κ2) is 5.49. The molecule has 0 fully saturated rings. The van der Waals surface area contributed by atoms with E-state index in [1.54, 1.807) is 31.3 Å². The topological polar surface area (TPSA) is 91.6 Å². The maximum absolute atomic E-state index is 12.4. The molecular weight excluding hydrogens is 296 g/mol. The number of phenolic OH excluding ortho intramolecular Hbond substituents is 1. The van der Waals surface area contributed by atoms with E-state index in [9.17, 15) is 19.8 Å². The minimum atomic E-state index is -0.709. The summed E-state index contributed by atoms with van der Waals surface area (Å²) in [5, 5.41) is 22.5. The molecule has 1 amide bonds. The first-order chi connectivity index (χ1) is 11.0. The molecule has 0 aliphatic heterocycles. The number of carbonyl (C=O) groups is 1. The Morgan fingerprint density at radius 3 is 2.39 bits per heavy atom. The van der Waals surface area contributed by atoms with Gasteiger partial charge in [-0.3, -0.25) is 9.59 Å². The van der Waals surface area contributed by atoms with Crippen LogP contribution in [0.3, 0.4) is 0 Å². The number of pyridine rings is 1. The molecule has 6 heteroatoms. The number of aryl methyl sites for hydroxylation is 1. The lowest BCUT2D eigenvalue weighted by molar-refractivity contribution is 0.102. The molecule has 0 radical (unpaired) electrons. The summed E-state index contributed by atoms with van der Waals surface area (Å²) in [7, 11) is 1.54. The van der Waals surface area contributed by atoms with Crippen molar-refractivity contribution in [2.45, 2.75) is 0 Å². The molecule has 2 aromatic carbocycles. The van der Waals surface area contributed by atoms with Crippen molar-refractivity contribution in [1.29, 1.82) is 0 Å². The Morgan fingerprint density at radius 2 is 1.70 bits per heavy atom. The third kappa shape index (κ3) is 2.50. The van der Waals surface area contributed by atoms with E-state index in [1.807, 2.05) is 0 Å². The molecule has 3 rings (SSSR count). The number of amides is 1. The molecule has 0 atom stereocenters. The Labute approximate surface area is 131 Å². The first-order valence-electron chi connectivity index (χ1n) is 6.90. The van der Waals surface area contributed by atoms with Crippen LogP contribution in [0.4, 0.5) is 5.69 Å². The fourth-order valence-corrected chi connectivity index (χ4v) is 2.42. The minimum absolute atomic E-state index is 0.0625. The first kappa shape index (κ1) is 14.6. The summed E-state index contributed by atoms with van der Waals surface area (Å²) >= 11 is 0. The monoisotopic (exact) mass is 310 g/mol. The highest BCUT2D eigenvalue weighted by molar-refractivity contribution is 6.09. The summed E-state index contributed by atoms with van der Waals surface area (Å²) in [6.45, 7) is 0. The van der Waals surface area contributed by atoms with Crippen LogP contribution in [-0.4, -0.2) is 20.7 Å². The van der Waals surface area contributed by atoms with Crippen LogP contribution in [0.15, 0.2) is 53.3 Å². The highest BCUT2D eigenvalue weighted by Crippen LogP contribution is 2.26. The molecule has 0 saturated carbocycles. The number of fused-ring (bicyclic) bond motifs is 1. The quantitative estimate of drug-likeness (QED) is 0.633. The number of hydrogen-bond donors (Lipinski definition) is 3. The molecule has 0 aliphatic rings. The third-order valence-electron chi connectivity index (χ3n) is 3.63. The molecule has 3 N–H and O–H groups in total. The second-order valence-electron chi connectivity index (χ2n) is 5.11. The summed E-state index contributed by atoms with van der Waals surface area (Å²) in [6, 6.07) is 12.6. The lowest BCUT2D eigenvalue weighted by atomic mass is 10.1. The van der Waals surface area contributed by atoms with Gasteiger partial charge in [0.15, 0.2) is 0 Å². The lowest BCUT2D eigenvalue weighted by Gasteiger charge is -2.12. The van der Waals surface area contributed by atoms with Crippen LogP contribution in [0.5, 0.6) is 11.5 Å². The predicted molar refractivity (Wildman–Crippen MR) is 86.9 cm³/mol. The van der Waals surface area contributed by atoms with Crippen molar-refractivity contribution in [2.24, 2.45) is 7.05 Å². The van der Waals surface area contributed by atoms with E-state index in [1.165, 1.54) is 28.8 Å². The zero-order valence-corrected chi connectivity index (χ0v) is 12.3. The van der Waals surface area contributed by atoms with E-state index < -0.39 is 11.5 Å². The molecule has 6 nitrogen and oxygen atoms in total. The number of para-hydroxylation sites is 1. The van der Waals surface area contributed by atoms with Gasteiger partial charge in [-0.25, -0.2) is 0 Å². The van der Waals surface area contributed by atoms with Crippen LogP contribution < -0.4 is 10.9 Å². The van der Waals surface area contributed by atoms with Crippen molar-refractivity contribution >= 4 is 22.5 Å². The minimum Gasteiger partial charge on any atom is -0.508 e. The van der Waals surface area contributed by atoms with Gasteiger partial charge in [-0.05, 0) is 36.4 Å². The van der Waals surface area contributed by atoms with Gasteiger partial charge in [-0.1, -0.05) is 12.1 Å². The van der Waals surface area contributed by atoms with Gasteiger partial charge in [0.1, 0.15) is 17.1 Å². The van der Waals surface area contributed by atoms with Crippen LogP contribution >= 0.6 is 0 Å². The number of anilines is 1. The highest BCUT2D eigenvalue weighted by Gasteiger charge is 2.21. The highest BCUT2D eigenvalue weighted by atomic mass is 16.3. The second-order valence-corrected chi connectivity index (χ2v) is 5.11. The molecule has 23 heavy (non-hydrogen) atoms. The van der Waals surface area contributed by atoms with Crippen molar-refractivity contribution in [2.75, 3.05) is 5.32 Å². The smallest absolute Gasteiger partial charge is 0.267 e. The van der Waals surface area contributed by atoms with Gasteiger partial charge in [0.25, 0.3) is 11.5 Å². The number of rotatable bonds is 2. The van der Waals surface area contributed by atoms with E-state index in [4.69, 9.17) is 0 Å². The molecule has 0 unspecified atom stereocenters. The van der Waals surface area contributed by atoms with E-state index in [0.29, 0.717) is 16.6 Å². The van der Waals surface area contributed by atoms with Gasteiger partial charge in [-0.2, -0.15) is 0 Å². The number of aromatic nitrogens is 1. The van der Waals surface area contributed by atoms with Crippen LogP contribution in [0.25, 0.3) is 10.9 Å². The average Bonchev–Trinajstić information content (AvgIpc) is 2.55. The molecule has 1 aromatic heterocycles. The first-order valence-corrected chi connectivity index (χ1v) is 6.90. The van der Waals surface area contributed by atoms with Crippen molar-refractivity contribution in [1.82, 2.24) is 4.57 Å². The SMILES string of the molecule is Cn1c(=O)c(C(=O)Nc2ccc(O)cc2)c(O)c2ccccc21. The van der Waals surface area contributed by atoms with Gasteiger partial charge in [-0.15, -0.1) is 0 Å². The molecule has 0 aliphatic carbocycles. The number of carbonyl (C=O) groups excluding carboxylic acids is 1. The molecule has 0 saturated heterocycles. The lowest BCUT2D eigenvalue weighted by Crippen LogP contribution is -2.28. The van der Waals surface area contributed by atoms with E-state index in [2.05, 4.69) is 5.32 Å². The number of hydrogen-bond acceptors (Lipinski definition) is 4. The molecule has 1 heterocycles. The number of phenols is 1. The summed E-state index contributed by atoms with van der Waals surface area (Å²) in [6.07, 6.45) is 0. The number of nitrogens with zero attached hydrogens (tertiary/aromatic N) is 1. The van der Waals surface area contributed by atoms with Crippen LogP contribution in [0, 0.1) is 0 Å². The van der Waals surface area contributed by atoms with Gasteiger partial charge in [0, 0.05) is 18.1 Å². The standard InChI is InChI=1S/C17H14N2O4/c1-19-13-5-3-2-4-12(13)15(21)14(17(19)23)16(22)18-10-6-8-11(20)9-7-10/h2-9,20-21H,1H3,(H,18,22). The normalized spacial score (nSPS) is 10.7. The van der Waals surface area contributed by atoms with Crippen LogP contribution in [0.1, 0.15) is 10.4 Å². The van der Waals surface area contributed by atoms with Crippen molar-refractivity contribution in [3.8, 4) is 11.5 Å².